The molecule has 13 heteroatoms. The first-order chi connectivity index (χ1) is 19.4. The van der Waals surface area contributed by atoms with Crippen molar-refractivity contribution in [1.29, 1.82) is 0 Å². The van der Waals surface area contributed by atoms with E-state index in [0.717, 1.165) is 10.9 Å². The zero-order chi connectivity index (χ0) is 30.3. The van der Waals surface area contributed by atoms with E-state index in [-0.39, 0.29) is 18.6 Å². The van der Waals surface area contributed by atoms with Gasteiger partial charge in [0.25, 0.3) is 0 Å². The van der Waals surface area contributed by atoms with Gasteiger partial charge in [0, 0.05) is 23.5 Å². The summed E-state index contributed by atoms with van der Waals surface area (Å²) in [6, 6.07) is 7.72. The maximum atomic E-state index is 13.3. The SMILES string of the molecule is CC(O)C(NC(=O)C(Cc1c[nH]c2ccccc12)NC(=O)C(NC(=O)C(N)Cc1ccc(O)cc1)C(C)O)C(=O)O. The molecule has 3 aromatic rings. The maximum absolute atomic E-state index is 13.3. The molecule has 0 aliphatic rings. The number of phenolic OH excluding ortho intramolecular Hbond substituents is 1. The summed E-state index contributed by atoms with van der Waals surface area (Å²) in [5, 5.41) is 46.9. The third-order valence-electron chi connectivity index (χ3n) is 6.57. The van der Waals surface area contributed by atoms with Crippen LogP contribution in [0.4, 0.5) is 0 Å². The molecule has 0 aliphatic heterocycles. The van der Waals surface area contributed by atoms with E-state index in [1.54, 1.807) is 24.4 Å². The van der Waals surface area contributed by atoms with E-state index in [9.17, 15) is 39.6 Å². The molecular weight excluding hydrogens is 534 g/mol. The number of fused-ring (bicyclic) bond motifs is 1. The minimum atomic E-state index is -1.64. The lowest BCUT2D eigenvalue weighted by Gasteiger charge is -2.27. The fraction of sp³-hybridized carbons (Fsp3) is 0.357. The number of aliphatic hydroxyl groups excluding tert-OH is 2. The van der Waals surface area contributed by atoms with Gasteiger partial charge in [0.1, 0.15) is 17.8 Å². The zero-order valence-corrected chi connectivity index (χ0v) is 22.6. The molecule has 0 aliphatic carbocycles. The molecule has 41 heavy (non-hydrogen) atoms. The average Bonchev–Trinajstić information content (AvgIpc) is 3.33. The Hall–Kier alpha value is -4.46. The second-order valence-electron chi connectivity index (χ2n) is 9.89. The van der Waals surface area contributed by atoms with E-state index in [1.807, 2.05) is 18.2 Å². The van der Waals surface area contributed by atoms with Gasteiger partial charge >= 0.3 is 5.97 Å². The molecule has 6 unspecified atom stereocenters. The van der Waals surface area contributed by atoms with Gasteiger partial charge in [0.15, 0.2) is 6.04 Å². The normalized spacial score (nSPS) is 15.6. The van der Waals surface area contributed by atoms with E-state index in [2.05, 4.69) is 20.9 Å². The van der Waals surface area contributed by atoms with E-state index in [1.165, 1.54) is 26.0 Å². The molecule has 0 spiro atoms. The molecule has 0 radical (unpaired) electrons. The van der Waals surface area contributed by atoms with Crippen molar-refractivity contribution in [1.82, 2.24) is 20.9 Å². The molecule has 2 aromatic carbocycles. The van der Waals surface area contributed by atoms with Crippen molar-refractivity contribution in [2.75, 3.05) is 0 Å². The summed E-state index contributed by atoms with van der Waals surface area (Å²) in [4.78, 5) is 53.9. The summed E-state index contributed by atoms with van der Waals surface area (Å²) >= 11 is 0. The predicted molar refractivity (Wildman–Crippen MR) is 149 cm³/mol. The molecule has 1 aromatic heterocycles. The largest absolute Gasteiger partial charge is 0.508 e. The Bertz CT molecular complexity index is 1370. The number of carbonyl (C=O) groups is 4. The number of hydrogen-bond donors (Lipinski definition) is 9. The molecule has 220 valence electrons. The molecular formula is C28H35N5O8. The van der Waals surface area contributed by atoms with E-state index in [4.69, 9.17) is 5.73 Å². The Morgan fingerprint density at radius 3 is 2.05 bits per heavy atom. The third kappa shape index (κ3) is 8.27. The van der Waals surface area contributed by atoms with Crippen LogP contribution >= 0.6 is 0 Å². The number of carboxylic acids is 1. The van der Waals surface area contributed by atoms with E-state index >= 15 is 0 Å². The van der Waals surface area contributed by atoms with Crippen LogP contribution in [0.3, 0.4) is 0 Å². The quantitative estimate of drug-likeness (QED) is 0.126. The number of H-pyrrole nitrogens is 1. The highest BCUT2D eigenvalue weighted by Crippen LogP contribution is 2.19. The van der Waals surface area contributed by atoms with E-state index < -0.39 is 60.1 Å². The second kappa shape index (κ2) is 13.7. The Kier molecular flexibility index (Phi) is 10.4. The van der Waals surface area contributed by atoms with Crippen molar-refractivity contribution in [2.45, 2.75) is 63.1 Å². The minimum absolute atomic E-state index is 0.0481. The second-order valence-corrected chi connectivity index (χ2v) is 9.89. The van der Waals surface area contributed by atoms with Crippen LogP contribution in [0, 0.1) is 0 Å². The molecule has 6 atom stereocenters. The minimum Gasteiger partial charge on any atom is -0.508 e. The summed E-state index contributed by atoms with van der Waals surface area (Å²) in [6.45, 7) is 2.48. The number of aromatic amines is 1. The number of aromatic hydroxyl groups is 1. The van der Waals surface area contributed by atoms with Crippen LogP contribution in [0.5, 0.6) is 5.75 Å². The van der Waals surface area contributed by atoms with Gasteiger partial charge < -0.3 is 47.1 Å². The van der Waals surface area contributed by atoms with Crippen LogP contribution in [0.15, 0.2) is 54.7 Å². The lowest BCUT2D eigenvalue weighted by molar-refractivity contribution is -0.145. The van der Waals surface area contributed by atoms with Gasteiger partial charge in [-0.25, -0.2) is 4.79 Å². The highest BCUT2D eigenvalue weighted by Gasteiger charge is 2.34. The van der Waals surface area contributed by atoms with Gasteiger partial charge in [-0.3, -0.25) is 14.4 Å². The summed E-state index contributed by atoms with van der Waals surface area (Å²) < 4.78 is 0. The van der Waals surface area contributed by atoms with Crippen LogP contribution in [-0.2, 0) is 32.0 Å². The first-order valence-corrected chi connectivity index (χ1v) is 13.0. The summed E-state index contributed by atoms with van der Waals surface area (Å²) in [5.41, 5.74) is 8.08. The maximum Gasteiger partial charge on any atom is 0.328 e. The van der Waals surface area contributed by atoms with Crippen molar-refractivity contribution < 1.29 is 39.6 Å². The molecule has 10 N–H and O–H groups in total. The number of para-hydroxylation sites is 1. The number of carbonyl (C=O) groups excluding carboxylic acids is 3. The molecule has 1 heterocycles. The van der Waals surface area contributed by atoms with Crippen molar-refractivity contribution >= 4 is 34.6 Å². The number of phenols is 1. The van der Waals surface area contributed by atoms with Crippen LogP contribution in [0.25, 0.3) is 10.9 Å². The number of rotatable bonds is 13. The fourth-order valence-electron chi connectivity index (χ4n) is 4.28. The molecule has 0 saturated heterocycles. The van der Waals surface area contributed by atoms with Gasteiger partial charge in [-0.1, -0.05) is 30.3 Å². The van der Waals surface area contributed by atoms with Crippen LogP contribution < -0.4 is 21.7 Å². The van der Waals surface area contributed by atoms with Gasteiger partial charge in [0.2, 0.25) is 17.7 Å². The number of amides is 3. The van der Waals surface area contributed by atoms with Gasteiger partial charge in [-0.05, 0) is 49.6 Å². The van der Waals surface area contributed by atoms with Gasteiger partial charge in [0.05, 0.1) is 18.2 Å². The molecule has 0 saturated carbocycles. The smallest absolute Gasteiger partial charge is 0.328 e. The lowest BCUT2D eigenvalue weighted by atomic mass is 10.0. The molecule has 13 nitrogen and oxygen atoms in total. The number of nitrogens with one attached hydrogen (secondary N) is 4. The zero-order valence-electron chi connectivity index (χ0n) is 22.6. The van der Waals surface area contributed by atoms with Crippen molar-refractivity contribution in [3.63, 3.8) is 0 Å². The standard InChI is InChI=1S/C28H35N5O8/c1-14(34)23(32-25(37)20(29)11-16-7-9-18(36)10-8-16)27(39)31-22(26(38)33-24(15(2)35)28(40)41)12-17-13-30-21-6-4-3-5-19(17)21/h3-10,13-15,20,22-24,30,34-36H,11-12,29H2,1-2H3,(H,31,39)(H,32,37)(H,33,38)(H,40,41). The van der Waals surface area contributed by atoms with Gasteiger partial charge in [-0.15, -0.1) is 0 Å². The summed E-state index contributed by atoms with van der Waals surface area (Å²) in [6.07, 6.45) is -1.16. The molecule has 3 rings (SSSR count). The topological polar surface area (TPSA) is 227 Å². The average molecular weight is 570 g/mol. The Morgan fingerprint density at radius 2 is 1.44 bits per heavy atom. The number of benzene rings is 2. The van der Waals surface area contributed by atoms with Crippen molar-refractivity contribution in [3.05, 3.63) is 65.9 Å². The lowest BCUT2D eigenvalue weighted by Crippen LogP contribution is -2.61. The Morgan fingerprint density at radius 1 is 0.829 bits per heavy atom. The molecule has 0 fully saturated rings. The van der Waals surface area contributed by atoms with Gasteiger partial charge in [-0.2, -0.15) is 0 Å². The Labute approximate surface area is 235 Å². The number of nitrogens with two attached hydrogens (primary N) is 1. The van der Waals surface area contributed by atoms with Crippen molar-refractivity contribution in [2.24, 2.45) is 5.73 Å². The van der Waals surface area contributed by atoms with Crippen molar-refractivity contribution in [3.8, 4) is 5.75 Å². The first kappa shape index (κ1) is 31.1. The first-order valence-electron chi connectivity index (χ1n) is 13.0. The predicted octanol–water partition coefficient (Wildman–Crippen LogP) is -0.713. The molecule has 0 bridgehead atoms. The van der Waals surface area contributed by atoms with E-state index in [0.29, 0.717) is 11.1 Å². The summed E-state index contributed by atoms with van der Waals surface area (Å²) in [5.74, 6) is -3.96. The Balaban J connectivity index is 1.79. The number of aromatic nitrogens is 1. The number of aliphatic hydroxyl groups is 2. The number of hydrogen-bond acceptors (Lipinski definition) is 8. The fourth-order valence-corrected chi connectivity index (χ4v) is 4.28. The molecule has 3 amide bonds. The number of carboxylic acid groups (broad SMARTS) is 1. The third-order valence-corrected chi connectivity index (χ3v) is 6.57. The monoisotopic (exact) mass is 569 g/mol. The highest BCUT2D eigenvalue weighted by molar-refractivity contribution is 5.95. The van der Waals surface area contributed by atoms with Crippen LogP contribution in [0.2, 0.25) is 0 Å². The van der Waals surface area contributed by atoms with Crippen LogP contribution in [0.1, 0.15) is 25.0 Å². The summed E-state index contributed by atoms with van der Waals surface area (Å²) in [7, 11) is 0. The van der Waals surface area contributed by atoms with Crippen LogP contribution in [-0.4, -0.2) is 85.5 Å². The number of aliphatic carboxylic acids is 1. The highest BCUT2D eigenvalue weighted by atomic mass is 16.4.